The van der Waals surface area contributed by atoms with Crippen LogP contribution in [0.3, 0.4) is 0 Å². The van der Waals surface area contributed by atoms with E-state index in [-0.39, 0.29) is 35.5 Å². The third-order valence-electron chi connectivity index (χ3n) is 6.65. The molecule has 0 radical (unpaired) electrons. The lowest BCUT2D eigenvalue weighted by Crippen LogP contribution is -2.35. The van der Waals surface area contributed by atoms with Gasteiger partial charge < -0.3 is 15.5 Å². The van der Waals surface area contributed by atoms with E-state index in [1.807, 2.05) is 12.1 Å². The first kappa shape index (κ1) is 24.2. The maximum absolute atomic E-state index is 12.7. The Morgan fingerprint density at radius 1 is 1.15 bits per heavy atom. The maximum atomic E-state index is 12.7. The SMILES string of the molecule is C=CC(=O)NC1=NC(CC(CO)CO)=CS1(c1ccc(S(=O)(=O)C2CC2)cc1)C1CCCC1. The smallest absolute Gasteiger partial charge is 0.249 e. The lowest BCUT2D eigenvalue weighted by Gasteiger charge is -2.41. The summed E-state index contributed by atoms with van der Waals surface area (Å²) in [6, 6.07) is 7.15. The topological polar surface area (TPSA) is 116 Å². The van der Waals surface area contributed by atoms with Gasteiger partial charge in [-0.25, -0.2) is 13.4 Å². The highest BCUT2D eigenvalue weighted by atomic mass is 32.3. The molecule has 33 heavy (non-hydrogen) atoms. The Morgan fingerprint density at radius 3 is 2.33 bits per heavy atom. The number of amides is 1. The number of nitrogens with one attached hydrogen (secondary N) is 1. The van der Waals surface area contributed by atoms with E-state index in [1.54, 1.807) is 12.1 Å². The molecular formula is C24H32N2O5S2. The summed E-state index contributed by atoms with van der Waals surface area (Å²) in [5.41, 5.74) is 0.735. The summed E-state index contributed by atoms with van der Waals surface area (Å²) in [5, 5.41) is 24.8. The van der Waals surface area contributed by atoms with Crippen molar-refractivity contribution in [3.05, 3.63) is 48.0 Å². The van der Waals surface area contributed by atoms with Gasteiger partial charge in [0.05, 0.1) is 10.1 Å². The summed E-state index contributed by atoms with van der Waals surface area (Å²) >= 11 is 0. The molecule has 7 nitrogen and oxygen atoms in total. The van der Waals surface area contributed by atoms with E-state index in [9.17, 15) is 23.4 Å². The summed E-state index contributed by atoms with van der Waals surface area (Å²) < 4.78 is 25.4. The number of carbonyl (C=O) groups excluding carboxylic acids is 1. The maximum Gasteiger partial charge on any atom is 0.249 e. The fraction of sp³-hybridized carbons (Fsp3) is 0.500. The number of nitrogens with zero attached hydrogens (tertiary/aromatic N) is 1. The van der Waals surface area contributed by atoms with Gasteiger partial charge in [0.25, 0.3) is 0 Å². The molecule has 0 saturated heterocycles. The fourth-order valence-electron chi connectivity index (χ4n) is 4.66. The van der Waals surface area contributed by atoms with Crippen LogP contribution < -0.4 is 5.32 Å². The molecule has 2 fully saturated rings. The molecule has 0 aromatic heterocycles. The van der Waals surface area contributed by atoms with Crippen LogP contribution in [-0.4, -0.2) is 53.4 Å². The molecule has 1 unspecified atom stereocenters. The second kappa shape index (κ2) is 9.74. The molecule has 4 rings (SSSR count). The predicted octanol–water partition coefficient (Wildman–Crippen LogP) is 3.23. The fourth-order valence-corrected chi connectivity index (χ4v) is 10.5. The molecule has 3 aliphatic rings. The van der Waals surface area contributed by atoms with Crippen molar-refractivity contribution in [3.8, 4) is 0 Å². The van der Waals surface area contributed by atoms with Crippen molar-refractivity contribution < 1.29 is 23.4 Å². The van der Waals surface area contributed by atoms with Gasteiger partial charge in [0.2, 0.25) is 5.91 Å². The molecule has 1 aromatic rings. The number of hydrogen-bond donors (Lipinski definition) is 3. The quantitative estimate of drug-likeness (QED) is 0.458. The van der Waals surface area contributed by atoms with Crippen molar-refractivity contribution in [2.45, 2.75) is 65.2 Å². The number of aliphatic hydroxyl groups is 2. The van der Waals surface area contributed by atoms with Crippen molar-refractivity contribution in [2.24, 2.45) is 10.9 Å². The van der Waals surface area contributed by atoms with Crippen LogP contribution in [0.15, 0.2) is 62.8 Å². The van der Waals surface area contributed by atoms with Crippen LogP contribution in [0.25, 0.3) is 0 Å². The van der Waals surface area contributed by atoms with Crippen LogP contribution in [0.1, 0.15) is 44.9 Å². The number of rotatable bonds is 9. The predicted molar refractivity (Wildman–Crippen MR) is 131 cm³/mol. The average molecular weight is 493 g/mol. The van der Waals surface area contributed by atoms with Gasteiger partial charge >= 0.3 is 0 Å². The van der Waals surface area contributed by atoms with E-state index in [4.69, 9.17) is 4.99 Å². The van der Waals surface area contributed by atoms with E-state index in [0.717, 1.165) is 36.3 Å². The van der Waals surface area contributed by atoms with Crippen molar-refractivity contribution in [2.75, 3.05) is 13.2 Å². The first-order valence-electron chi connectivity index (χ1n) is 11.5. The van der Waals surface area contributed by atoms with Gasteiger partial charge in [-0.1, -0.05) is 19.4 Å². The Hall–Kier alpha value is -1.94. The Labute approximate surface area is 196 Å². The molecule has 1 amide bonds. The molecule has 2 aliphatic carbocycles. The molecule has 180 valence electrons. The molecule has 1 heterocycles. The Morgan fingerprint density at radius 2 is 1.79 bits per heavy atom. The van der Waals surface area contributed by atoms with Crippen LogP contribution in [0.5, 0.6) is 0 Å². The lowest BCUT2D eigenvalue weighted by molar-refractivity contribution is -0.115. The zero-order valence-electron chi connectivity index (χ0n) is 18.7. The normalized spacial score (nSPS) is 25.4. The second-order valence-electron chi connectivity index (χ2n) is 8.99. The van der Waals surface area contributed by atoms with E-state index in [1.165, 1.54) is 6.08 Å². The minimum Gasteiger partial charge on any atom is -0.396 e. The highest BCUT2D eigenvalue weighted by molar-refractivity contribution is 8.48. The Kier molecular flexibility index (Phi) is 7.14. The molecule has 1 aromatic carbocycles. The molecule has 2 saturated carbocycles. The molecule has 1 aliphatic heterocycles. The summed E-state index contributed by atoms with van der Waals surface area (Å²) in [7, 11) is -5.18. The van der Waals surface area contributed by atoms with E-state index < -0.39 is 19.9 Å². The molecule has 0 spiro atoms. The van der Waals surface area contributed by atoms with E-state index in [2.05, 4.69) is 17.3 Å². The largest absolute Gasteiger partial charge is 0.396 e. The minimum absolute atomic E-state index is 0.156. The van der Waals surface area contributed by atoms with E-state index >= 15 is 0 Å². The number of carbonyl (C=O) groups is 1. The molecule has 0 bridgehead atoms. The first-order valence-corrected chi connectivity index (χ1v) is 14.8. The number of aliphatic hydroxyl groups excluding tert-OH is 2. The number of aliphatic imine (C=N–C) groups is 1. The van der Waals surface area contributed by atoms with Gasteiger partial charge in [-0.3, -0.25) is 4.79 Å². The minimum atomic E-state index is -3.29. The third-order valence-corrected chi connectivity index (χ3v) is 13.0. The number of sulfone groups is 1. The van der Waals surface area contributed by atoms with Gasteiger partial charge in [0, 0.05) is 35.0 Å². The van der Waals surface area contributed by atoms with Crippen LogP contribution in [-0.2, 0) is 14.6 Å². The molecular weight excluding hydrogens is 460 g/mol. The van der Waals surface area contributed by atoms with E-state index in [0.29, 0.717) is 29.3 Å². The summed E-state index contributed by atoms with van der Waals surface area (Å²) in [6.07, 6.45) is 7.22. The van der Waals surface area contributed by atoms with Crippen LogP contribution >= 0.6 is 10.0 Å². The zero-order chi connectivity index (χ0) is 23.6. The number of allylic oxidation sites excluding steroid dienone is 1. The number of benzene rings is 1. The van der Waals surface area contributed by atoms with Crippen molar-refractivity contribution in [1.29, 1.82) is 0 Å². The highest BCUT2D eigenvalue weighted by Gasteiger charge is 2.44. The van der Waals surface area contributed by atoms with Crippen LogP contribution in [0.2, 0.25) is 0 Å². The standard InChI is InChI=1S/C24H32N2O5S2/c1-2-23(29)26-24-25-18(13-17(14-27)15-28)16-32(24,19-5-3-4-6-19)20-7-9-21(10-8-20)33(30,31)22-11-12-22/h2,7-10,16-17,19,22,27-28H,1,3-6,11-15H2,(H,25,26,29). The van der Waals surface area contributed by atoms with Gasteiger partial charge in [0.1, 0.15) is 0 Å². The Balaban J connectivity index is 1.79. The van der Waals surface area contributed by atoms with Crippen LogP contribution in [0, 0.1) is 5.92 Å². The number of amidine groups is 1. The van der Waals surface area contributed by atoms with Gasteiger partial charge in [-0.05, 0) is 67.9 Å². The third kappa shape index (κ3) is 4.69. The first-order chi connectivity index (χ1) is 15.8. The van der Waals surface area contributed by atoms with Crippen molar-refractivity contribution in [1.82, 2.24) is 5.32 Å². The lowest BCUT2D eigenvalue weighted by atomic mass is 10.1. The summed E-state index contributed by atoms with van der Waals surface area (Å²) in [6.45, 7) is 3.26. The zero-order valence-corrected chi connectivity index (χ0v) is 20.3. The monoisotopic (exact) mass is 492 g/mol. The van der Waals surface area contributed by atoms with Gasteiger partial charge in [-0.2, -0.15) is 0 Å². The van der Waals surface area contributed by atoms with Crippen molar-refractivity contribution in [3.63, 3.8) is 0 Å². The Bertz CT molecular complexity index is 1070. The molecule has 1 atom stereocenters. The molecule has 3 N–H and O–H groups in total. The number of hydrogen-bond acceptors (Lipinski definition) is 6. The molecule has 9 heteroatoms. The summed E-state index contributed by atoms with van der Waals surface area (Å²) in [4.78, 5) is 18.4. The second-order valence-corrected chi connectivity index (χ2v) is 14.4. The van der Waals surface area contributed by atoms with Crippen molar-refractivity contribution >= 4 is 30.9 Å². The van der Waals surface area contributed by atoms with Gasteiger partial charge in [-0.15, -0.1) is 10.0 Å². The summed E-state index contributed by atoms with van der Waals surface area (Å²) in [5.74, 6) is -0.673. The highest BCUT2D eigenvalue weighted by Crippen LogP contribution is 2.68. The van der Waals surface area contributed by atoms with Crippen LogP contribution in [0.4, 0.5) is 0 Å². The van der Waals surface area contributed by atoms with Gasteiger partial charge in [0.15, 0.2) is 15.0 Å². The average Bonchev–Trinajstić information content (AvgIpc) is 3.44.